The van der Waals surface area contributed by atoms with Crippen molar-refractivity contribution in [3.05, 3.63) is 99.7 Å². The van der Waals surface area contributed by atoms with E-state index in [4.69, 9.17) is 4.74 Å². The highest BCUT2D eigenvalue weighted by Crippen LogP contribution is 2.30. The Bertz CT molecular complexity index is 1030. The van der Waals surface area contributed by atoms with Gasteiger partial charge in [-0.3, -0.25) is 4.79 Å². The summed E-state index contributed by atoms with van der Waals surface area (Å²) in [5.41, 5.74) is 0.922. The number of alkyl halides is 2. The smallest absolute Gasteiger partial charge is 0.290 e. The maximum atomic E-state index is 14.7. The average molecular weight is 430 g/mol. The summed E-state index contributed by atoms with van der Waals surface area (Å²) >= 11 is 0. The predicted molar refractivity (Wildman–Crippen MR) is 114 cm³/mol. The van der Waals surface area contributed by atoms with Crippen LogP contribution in [0.4, 0.5) is 13.2 Å². The Morgan fingerprint density at radius 3 is 2.32 bits per heavy atom. The Balaban J connectivity index is 1.63. The minimum atomic E-state index is -3.20. The molecule has 1 heterocycles. The summed E-state index contributed by atoms with van der Waals surface area (Å²) in [4.78, 5) is 12.3. The fourth-order valence-corrected chi connectivity index (χ4v) is 3.04. The van der Waals surface area contributed by atoms with Crippen molar-refractivity contribution in [2.24, 2.45) is 0 Å². The lowest BCUT2D eigenvalue weighted by atomic mass is 10.1. The molecule has 1 N–H and O–H groups in total. The molecule has 2 aromatic carbocycles. The van der Waals surface area contributed by atoms with Crippen LogP contribution in [0.1, 0.15) is 30.0 Å². The molecular weight excluding hydrogens is 405 g/mol. The summed E-state index contributed by atoms with van der Waals surface area (Å²) in [5, 5.41) is 3.22. The van der Waals surface area contributed by atoms with Gasteiger partial charge in [-0.1, -0.05) is 43.3 Å². The predicted octanol–water partition coefficient (Wildman–Crippen LogP) is 4.86. The summed E-state index contributed by atoms with van der Waals surface area (Å²) in [7, 11) is 0. The first-order chi connectivity index (χ1) is 14.9. The van der Waals surface area contributed by atoms with Gasteiger partial charge in [-0.2, -0.15) is 8.78 Å². The molecular formula is C24H25F3N2O2. The summed E-state index contributed by atoms with van der Waals surface area (Å²) in [6.07, 6.45) is 2.29. The van der Waals surface area contributed by atoms with Gasteiger partial charge in [0.2, 0.25) is 0 Å². The highest BCUT2D eigenvalue weighted by atomic mass is 19.3. The molecule has 0 amide bonds. The Kier molecular flexibility index (Phi) is 7.52. The molecule has 0 fully saturated rings. The van der Waals surface area contributed by atoms with Crippen LogP contribution in [-0.2, 0) is 25.6 Å². The molecule has 0 atom stereocenters. The first-order valence-electron chi connectivity index (χ1n) is 10.1. The normalized spacial score (nSPS) is 11.5. The second kappa shape index (κ2) is 10.3. The van der Waals surface area contributed by atoms with Crippen LogP contribution < -0.4 is 15.6 Å². The van der Waals surface area contributed by atoms with E-state index in [9.17, 15) is 18.0 Å². The zero-order chi connectivity index (χ0) is 22.3. The van der Waals surface area contributed by atoms with E-state index in [1.54, 1.807) is 24.3 Å². The van der Waals surface area contributed by atoms with E-state index >= 15 is 0 Å². The third kappa shape index (κ3) is 6.46. The monoisotopic (exact) mass is 430 g/mol. The first kappa shape index (κ1) is 22.6. The van der Waals surface area contributed by atoms with Crippen molar-refractivity contribution in [2.45, 2.75) is 39.0 Å². The summed E-state index contributed by atoms with van der Waals surface area (Å²) in [5.74, 6) is -3.29. The Labute approximate surface area is 179 Å². The van der Waals surface area contributed by atoms with Gasteiger partial charge in [0.1, 0.15) is 18.2 Å². The summed E-state index contributed by atoms with van der Waals surface area (Å²) in [6, 6.07) is 14.5. The van der Waals surface area contributed by atoms with Crippen molar-refractivity contribution in [1.82, 2.24) is 9.88 Å². The molecule has 0 unspecified atom stereocenters. The number of nitrogens with one attached hydrogen (secondary N) is 1. The minimum Gasteiger partial charge on any atom is -0.489 e. The number of hydrogen-bond donors (Lipinski definition) is 1. The molecule has 3 aromatic rings. The first-order valence-corrected chi connectivity index (χ1v) is 10.1. The topological polar surface area (TPSA) is 43.3 Å². The van der Waals surface area contributed by atoms with Crippen molar-refractivity contribution < 1.29 is 17.9 Å². The third-order valence-corrected chi connectivity index (χ3v) is 4.79. The second-order valence-electron chi connectivity index (χ2n) is 7.32. The summed E-state index contributed by atoms with van der Waals surface area (Å²) < 4.78 is 48.9. The molecule has 7 heteroatoms. The third-order valence-electron chi connectivity index (χ3n) is 4.79. The number of rotatable bonds is 10. The zero-order valence-electron chi connectivity index (χ0n) is 17.3. The van der Waals surface area contributed by atoms with Crippen LogP contribution in [0.25, 0.3) is 0 Å². The molecule has 164 valence electrons. The number of hydrogen-bond acceptors (Lipinski definition) is 3. The van der Waals surface area contributed by atoms with E-state index in [2.05, 4.69) is 12.2 Å². The van der Waals surface area contributed by atoms with Gasteiger partial charge in [0, 0.05) is 24.4 Å². The maximum absolute atomic E-state index is 14.7. The molecule has 3 rings (SSSR count). The van der Waals surface area contributed by atoms with Gasteiger partial charge in [-0.05, 0) is 42.3 Å². The molecule has 0 aliphatic heterocycles. The van der Waals surface area contributed by atoms with Crippen LogP contribution in [0.3, 0.4) is 0 Å². The van der Waals surface area contributed by atoms with Crippen LogP contribution in [0.15, 0.2) is 71.7 Å². The number of ether oxygens (including phenoxy) is 1. The SMILES string of the molecule is CCCNCc1ccc(C(F)(F)Cn2ccc(OCc3ccc(F)cc3)cc2=O)cc1. The van der Waals surface area contributed by atoms with Crippen molar-refractivity contribution in [3.8, 4) is 5.75 Å². The molecule has 0 aliphatic rings. The molecule has 4 nitrogen and oxygen atoms in total. The van der Waals surface area contributed by atoms with Crippen LogP contribution >= 0.6 is 0 Å². The highest BCUT2D eigenvalue weighted by Gasteiger charge is 2.32. The molecule has 1 aromatic heterocycles. The lowest BCUT2D eigenvalue weighted by Crippen LogP contribution is -2.28. The number of aromatic nitrogens is 1. The quantitative estimate of drug-likeness (QED) is 0.467. The lowest BCUT2D eigenvalue weighted by molar-refractivity contribution is -0.0232. The number of halogens is 3. The molecule has 31 heavy (non-hydrogen) atoms. The van der Waals surface area contributed by atoms with Gasteiger partial charge in [-0.25, -0.2) is 4.39 Å². The number of nitrogens with zero attached hydrogens (tertiary/aromatic N) is 1. The molecule has 0 bridgehead atoms. The molecule has 0 saturated carbocycles. The largest absolute Gasteiger partial charge is 0.489 e. The highest BCUT2D eigenvalue weighted by molar-refractivity contribution is 5.26. The van der Waals surface area contributed by atoms with Crippen LogP contribution in [-0.4, -0.2) is 11.1 Å². The van der Waals surface area contributed by atoms with E-state index in [0.717, 1.165) is 28.7 Å². The fraction of sp³-hybridized carbons (Fsp3) is 0.292. The van der Waals surface area contributed by atoms with E-state index in [0.29, 0.717) is 6.54 Å². The lowest BCUT2D eigenvalue weighted by Gasteiger charge is -2.19. The molecule has 0 aliphatic carbocycles. The van der Waals surface area contributed by atoms with Gasteiger partial charge in [0.15, 0.2) is 0 Å². The van der Waals surface area contributed by atoms with E-state index < -0.39 is 18.0 Å². The van der Waals surface area contributed by atoms with Gasteiger partial charge < -0.3 is 14.6 Å². The number of pyridine rings is 1. The molecule has 0 spiro atoms. The Hall–Kier alpha value is -3.06. The van der Waals surface area contributed by atoms with Crippen molar-refractivity contribution >= 4 is 0 Å². The van der Waals surface area contributed by atoms with Crippen LogP contribution in [0.2, 0.25) is 0 Å². The van der Waals surface area contributed by atoms with Crippen molar-refractivity contribution in [3.63, 3.8) is 0 Å². The Morgan fingerprint density at radius 1 is 1.00 bits per heavy atom. The maximum Gasteiger partial charge on any atom is 0.290 e. The van der Waals surface area contributed by atoms with Crippen molar-refractivity contribution in [2.75, 3.05) is 6.54 Å². The van der Waals surface area contributed by atoms with E-state index in [1.807, 2.05) is 0 Å². The van der Waals surface area contributed by atoms with Gasteiger partial charge >= 0.3 is 0 Å². The van der Waals surface area contributed by atoms with Crippen molar-refractivity contribution in [1.29, 1.82) is 0 Å². The Morgan fingerprint density at radius 2 is 1.68 bits per heavy atom. The summed E-state index contributed by atoms with van der Waals surface area (Å²) in [6.45, 7) is 2.92. The standard InChI is InChI=1S/C24H25F3N2O2/c1-2-12-28-15-18-3-7-20(8-4-18)24(26,27)17-29-13-11-22(14-23(29)30)31-16-19-5-9-21(25)10-6-19/h3-11,13-14,28H,2,12,15-17H2,1H3. The molecule has 0 radical (unpaired) electrons. The van der Waals surface area contributed by atoms with E-state index in [-0.39, 0.29) is 23.7 Å². The minimum absolute atomic E-state index is 0.138. The number of benzene rings is 2. The second-order valence-corrected chi connectivity index (χ2v) is 7.32. The molecule has 0 saturated heterocycles. The van der Waals surface area contributed by atoms with Gasteiger partial charge in [0.05, 0.1) is 6.54 Å². The van der Waals surface area contributed by atoms with Crippen LogP contribution in [0, 0.1) is 5.82 Å². The van der Waals surface area contributed by atoms with Gasteiger partial charge in [-0.15, -0.1) is 0 Å². The fourth-order valence-electron chi connectivity index (χ4n) is 3.04. The van der Waals surface area contributed by atoms with Gasteiger partial charge in [0.25, 0.3) is 11.5 Å². The average Bonchev–Trinajstić information content (AvgIpc) is 2.75. The van der Waals surface area contributed by atoms with E-state index in [1.165, 1.54) is 42.6 Å². The van der Waals surface area contributed by atoms with Crippen LogP contribution in [0.5, 0.6) is 5.75 Å². The zero-order valence-corrected chi connectivity index (χ0v) is 17.3.